The van der Waals surface area contributed by atoms with Gasteiger partial charge in [0.2, 0.25) is 0 Å². The number of carbonyl (C=O) groups is 2. The first-order chi connectivity index (χ1) is 26.4. The molecule has 0 aliphatic rings. The zero-order valence-corrected chi connectivity index (χ0v) is 30.5. The number of aliphatic carboxylic acids is 2. The van der Waals surface area contributed by atoms with Gasteiger partial charge in [-0.3, -0.25) is 19.6 Å². The van der Waals surface area contributed by atoms with E-state index in [0.717, 1.165) is 28.6 Å². The predicted octanol–water partition coefficient (Wildman–Crippen LogP) is 8.15. The van der Waals surface area contributed by atoms with Gasteiger partial charge in [-0.05, 0) is 100 Å². The van der Waals surface area contributed by atoms with Crippen molar-refractivity contribution in [2.45, 2.75) is 33.9 Å². The van der Waals surface area contributed by atoms with Crippen molar-refractivity contribution in [2.75, 3.05) is 13.2 Å². The zero-order chi connectivity index (χ0) is 40.7. The fourth-order valence-electron chi connectivity index (χ4n) is 4.64. The topological polar surface area (TPSA) is 200 Å². The summed E-state index contributed by atoms with van der Waals surface area (Å²) in [5.74, 6) is -0.0463. The number of ether oxygens (including phenoxy) is 2. The van der Waals surface area contributed by atoms with Crippen molar-refractivity contribution in [1.29, 1.82) is 5.26 Å². The highest BCUT2D eigenvalue weighted by molar-refractivity contribution is 5.74. The van der Waals surface area contributed by atoms with E-state index in [1.165, 1.54) is 12.4 Å². The van der Waals surface area contributed by atoms with Crippen LogP contribution < -0.4 is 9.47 Å². The number of alkyl halides is 3. The van der Waals surface area contributed by atoms with Gasteiger partial charge in [0.15, 0.2) is 0 Å². The Balaban J connectivity index is 0.000000215. The zero-order valence-electron chi connectivity index (χ0n) is 30.5. The molecule has 0 aliphatic carbocycles. The lowest BCUT2D eigenvalue weighted by molar-refractivity contribution is -0.149. The van der Waals surface area contributed by atoms with E-state index in [1.54, 1.807) is 82.4 Å². The van der Waals surface area contributed by atoms with Crippen LogP contribution in [0.1, 0.15) is 39.1 Å². The number of imidazole rings is 2. The van der Waals surface area contributed by atoms with Gasteiger partial charge in [0.25, 0.3) is 0 Å². The van der Waals surface area contributed by atoms with Gasteiger partial charge in [-0.15, -0.1) is 0 Å². The molecule has 2 aromatic carbocycles. The van der Waals surface area contributed by atoms with Crippen molar-refractivity contribution in [3.05, 3.63) is 109 Å². The van der Waals surface area contributed by atoms with E-state index in [9.17, 15) is 22.8 Å². The average molecular weight is 768 g/mol. The Morgan fingerprint density at radius 2 is 1.04 bits per heavy atom. The predicted molar refractivity (Wildman–Crippen MR) is 198 cm³/mol. The molecule has 4 heterocycles. The number of carboxylic acid groups (broad SMARTS) is 2. The van der Waals surface area contributed by atoms with Crippen molar-refractivity contribution in [1.82, 2.24) is 29.9 Å². The number of hydrogen-bond acceptors (Lipinski definition) is 9. The van der Waals surface area contributed by atoms with Crippen molar-refractivity contribution in [2.24, 2.45) is 10.8 Å². The third-order valence-corrected chi connectivity index (χ3v) is 8.31. The molecule has 16 heteroatoms. The minimum absolute atomic E-state index is 0.0255. The first-order valence-electron chi connectivity index (χ1n) is 16.9. The Bertz CT molecular complexity index is 2310. The Labute approximate surface area is 318 Å². The molecule has 0 atom stereocenters. The number of nitrogens with zero attached hydrogens (tertiary/aromatic N) is 5. The smallest absolute Gasteiger partial charge is 0.432 e. The molecule has 6 aromatic rings. The van der Waals surface area contributed by atoms with Gasteiger partial charge < -0.3 is 29.7 Å². The number of nitrogens with one attached hydrogen (secondary N) is 2. The molecule has 6 rings (SSSR count). The molecule has 0 spiro atoms. The van der Waals surface area contributed by atoms with Gasteiger partial charge in [-0.1, -0.05) is 0 Å². The molecule has 13 nitrogen and oxygen atoms in total. The van der Waals surface area contributed by atoms with Crippen LogP contribution in [-0.4, -0.2) is 65.3 Å². The molecule has 0 saturated heterocycles. The van der Waals surface area contributed by atoms with E-state index in [0.29, 0.717) is 34.3 Å². The summed E-state index contributed by atoms with van der Waals surface area (Å²) in [6.45, 7) is 6.50. The van der Waals surface area contributed by atoms with Crippen LogP contribution in [0.4, 0.5) is 13.2 Å². The minimum atomic E-state index is -4.48. The number of hydrogen-bond donors (Lipinski definition) is 4. The fraction of sp³-hybridized carbons (Fsp3) is 0.225. The second kappa shape index (κ2) is 16.6. The summed E-state index contributed by atoms with van der Waals surface area (Å²) in [5.41, 5.74) is 1.82. The Kier molecular flexibility index (Phi) is 11.9. The summed E-state index contributed by atoms with van der Waals surface area (Å²) < 4.78 is 49.1. The first kappa shape index (κ1) is 40.2. The number of nitriles is 1. The summed E-state index contributed by atoms with van der Waals surface area (Å²) in [6, 6.07) is 23.3. The monoisotopic (exact) mass is 767 g/mol. The maximum atomic E-state index is 12.7. The SMILES string of the molecule is CC(C)(COc1ccc(-c2ccc(-c3ncc(C#N)[nH]3)cn2)cc1)C(=O)O.CC(C)(COc1ccc(-c2ccc(-c3ncc(C(F)(F)F)[nH]3)cn2)cc1)C(=O)O. The number of aromatic amines is 2. The molecule has 0 saturated carbocycles. The molecule has 0 radical (unpaired) electrons. The van der Waals surface area contributed by atoms with Crippen molar-refractivity contribution < 1.29 is 42.4 Å². The summed E-state index contributed by atoms with van der Waals surface area (Å²) in [7, 11) is 0. The van der Waals surface area contributed by atoms with Gasteiger partial charge in [0.05, 0.1) is 34.6 Å². The number of halogens is 3. The van der Waals surface area contributed by atoms with Crippen molar-refractivity contribution in [3.8, 4) is 62.9 Å². The molecular weight excluding hydrogens is 731 g/mol. The molecule has 0 bridgehead atoms. The second-order valence-corrected chi connectivity index (χ2v) is 13.8. The number of pyridine rings is 2. The van der Waals surface area contributed by atoms with E-state index in [2.05, 4.69) is 29.9 Å². The van der Waals surface area contributed by atoms with Crippen LogP contribution in [0.5, 0.6) is 11.5 Å². The third-order valence-electron chi connectivity index (χ3n) is 8.31. The molecule has 56 heavy (non-hydrogen) atoms. The molecule has 288 valence electrons. The van der Waals surface area contributed by atoms with Crippen molar-refractivity contribution in [3.63, 3.8) is 0 Å². The quantitative estimate of drug-likeness (QED) is 0.0937. The maximum Gasteiger partial charge on any atom is 0.432 e. The molecule has 0 fully saturated rings. The lowest BCUT2D eigenvalue weighted by Gasteiger charge is -2.19. The summed E-state index contributed by atoms with van der Waals surface area (Å²) >= 11 is 0. The van der Waals surface area contributed by atoms with Crippen LogP contribution in [0.2, 0.25) is 0 Å². The Morgan fingerprint density at radius 1 is 0.625 bits per heavy atom. The lowest BCUT2D eigenvalue weighted by atomic mass is 9.95. The van der Waals surface area contributed by atoms with Crippen LogP contribution in [0, 0.1) is 22.2 Å². The van der Waals surface area contributed by atoms with Crippen LogP contribution in [0.3, 0.4) is 0 Å². The van der Waals surface area contributed by atoms with Gasteiger partial charge in [0, 0.05) is 34.6 Å². The van der Waals surface area contributed by atoms with E-state index < -0.39 is 34.6 Å². The number of carboxylic acids is 2. The number of aromatic nitrogens is 6. The standard InChI is InChI=1S/C20H18F3N3O3.C20H18N4O3/c1-19(2,18(27)28)11-29-14-6-3-12(4-7-14)15-8-5-13(9-24-15)17-25-10-16(26-17)20(21,22)23;1-20(2,19(25)26)12-27-16-6-3-13(4-7-16)17-8-5-14(10-22-17)18-23-11-15(9-21)24-18/h3-10H,11H2,1-2H3,(H,25,26)(H,27,28);3-8,10-11H,12H2,1-2H3,(H,23,24)(H,25,26). The minimum Gasteiger partial charge on any atom is -0.492 e. The van der Waals surface area contributed by atoms with E-state index in [-0.39, 0.29) is 19.0 Å². The Hall–Kier alpha value is -7.02. The van der Waals surface area contributed by atoms with Gasteiger partial charge >= 0.3 is 18.1 Å². The van der Waals surface area contributed by atoms with Crippen LogP contribution in [-0.2, 0) is 15.8 Å². The number of H-pyrrole nitrogens is 2. The van der Waals surface area contributed by atoms with Crippen LogP contribution in [0.15, 0.2) is 97.6 Å². The second-order valence-electron chi connectivity index (χ2n) is 13.8. The highest BCUT2D eigenvalue weighted by Gasteiger charge is 2.33. The fourth-order valence-corrected chi connectivity index (χ4v) is 4.64. The highest BCUT2D eigenvalue weighted by Crippen LogP contribution is 2.30. The molecular formula is C40H36F3N7O6. The first-order valence-corrected chi connectivity index (χ1v) is 16.9. The van der Waals surface area contributed by atoms with Crippen molar-refractivity contribution >= 4 is 11.9 Å². The molecule has 0 unspecified atom stereocenters. The molecule has 0 amide bonds. The molecule has 0 aliphatic heterocycles. The molecule has 4 N–H and O–H groups in total. The van der Waals surface area contributed by atoms with Gasteiger partial charge in [0.1, 0.15) is 53.8 Å². The van der Waals surface area contributed by atoms with E-state index >= 15 is 0 Å². The van der Waals surface area contributed by atoms with Crippen LogP contribution >= 0.6 is 0 Å². The highest BCUT2D eigenvalue weighted by atomic mass is 19.4. The number of benzene rings is 2. The lowest BCUT2D eigenvalue weighted by Crippen LogP contribution is -2.30. The third kappa shape index (κ3) is 10.1. The normalized spacial score (nSPS) is 11.5. The average Bonchev–Trinajstić information content (AvgIpc) is 3.89. The van der Waals surface area contributed by atoms with E-state index in [4.69, 9.17) is 24.9 Å². The summed E-state index contributed by atoms with van der Waals surface area (Å²) in [6.07, 6.45) is 0.868. The van der Waals surface area contributed by atoms with Gasteiger partial charge in [-0.2, -0.15) is 18.4 Å². The van der Waals surface area contributed by atoms with Gasteiger partial charge in [-0.25, -0.2) is 9.97 Å². The summed E-state index contributed by atoms with van der Waals surface area (Å²) in [5, 5.41) is 27.1. The number of rotatable bonds is 12. The van der Waals surface area contributed by atoms with E-state index in [1.807, 2.05) is 30.3 Å². The molecule has 4 aromatic heterocycles. The maximum absolute atomic E-state index is 12.7. The largest absolute Gasteiger partial charge is 0.492 e. The Morgan fingerprint density at radius 3 is 1.38 bits per heavy atom. The summed E-state index contributed by atoms with van der Waals surface area (Å²) in [4.78, 5) is 44.0. The van der Waals surface area contributed by atoms with Crippen LogP contribution in [0.25, 0.3) is 45.3 Å².